The van der Waals surface area contributed by atoms with Crippen LogP contribution >= 0.6 is 11.3 Å². The van der Waals surface area contributed by atoms with Crippen molar-refractivity contribution in [3.8, 4) is 5.75 Å². The van der Waals surface area contributed by atoms with Crippen LogP contribution in [0.3, 0.4) is 0 Å². The van der Waals surface area contributed by atoms with E-state index < -0.39 is 10.9 Å². The number of non-ortho nitro benzene ring substituents is 1. The van der Waals surface area contributed by atoms with Crippen molar-refractivity contribution in [3.05, 3.63) is 55.8 Å². The zero-order valence-electron chi connectivity index (χ0n) is 11.2. The Labute approximate surface area is 124 Å². The van der Waals surface area contributed by atoms with Crippen LogP contribution in [0.2, 0.25) is 0 Å². The van der Waals surface area contributed by atoms with Crippen LogP contribution in [0.15, 0.2) is 30.3 Å². The van der Waals surface area contributed by atoms with E-state index in [0.29, 0.717) is 18.8 Å². The Morgan fingerprint density at radius 1 is 1.38 bits per heavy atom. The molecule has 1 aromatic heterocycles. The summed E-state index contributed by atoms with van der Waals surface area (Å²) in [6, 6.07) is 7.90. The average Bonchev–Trinajstić information content (AvgIpc) is 2.81. The Bertz CT molecular complexity index is 663. The number of benzene rings is 1. The van der Waals surface area contributed by atoms with E-state index in [1.165, 1.54) is 23.5 Å². The van der Waals surface area contributed by atoms with E-state index in [1.807, 2.05) is 6.92 Å². The van der Waals surface area contributed by atoms with E-state index in [-0.39, 0.29) is 10.6 Å². The van der Waals surface area contributed by atoms with Gasteiger partial charge in [0.1, 0.15) is 5.75 Å². The number of nitro groups is 1. The van der Waals surface area contributed by atoms with Gasteiger partial charge < -0.3 is 9.84 Å². The van der Waals surface area contributed by atoms with Crippen LogP contribution in [0.4, 0.5) is 5.69 Å². The number of nitrogens with zero attached hydrogens (tertiary/aromatic N) is 1. The van der Waals surface area contributed by atoms with Crippen molar-refractivity contribution in [1.82, 2.24) is 0 Å². The number of ether oxygens (including phenoxy) is 1. The van der Waals surface area contributed by atoms with Crippen molar-refractivity contribution in [2.75, 3.05) is 6.61 Å². The highest BCUT2D eigenvalue weighted by Gasteiger charge is 2.15. The molecule has 0 atom stereocenters. The van der Waals surface area contributed by atoms with Gasteiger partial charge in [-0.2, -0.15) is 0 Å². The van der Waals surface area contributed by atoms with Crippen molar-refractivity contribution >= 4 is 23.0 Å². The van der Waals surface area contributed by atoms with Gasteiger partial charge in [-0.15, -0.1) is 11.3 Å². The van der Waals surface area contributed by atoms with Crippen LogP contribution in [0.5, 0.6) is 5.75 Å². The molecule has 0 radical (unpaired) electrons. The maximum atomic E-state index is 11.0. The molecule has 6 nitrogen and oxygen atoms in total. The van der Waals surface area contributed by atoms with Gasteiger partial charge in [-0.1, -0.05) is 12.1 Å². The van der Waals surface area contributed by atoms with Gasteiger partial charge >= 0.3 is 5.97 Å². The minimum atomic E-state index is -1.00. The summed E-state index contributed by atoms with van der Waals surface area (Å²) in [6.07, 6.45) is 0.548. The lowest BCUT2D eigenvalue weighted by atomic mass is 10.1. The normalized spacial score (nSPS) is 10.3. The van der Waals surface area contributed by atoms with E-state index >= 15 is 0 Å². The van der Waals surface area contributed by atoms with Gasteiger partial charge in [-0.25, -0.2) is 4.79 Å². The van der Waals surface area contributed by atoms with Crippen molar-refractivity contribution in [2.45, 2.75) is 13.3 Å². The second-order valence-electron chi connectivity index (χ2n) is 4.38. The van der Waals surface area contributed by atoms with Crippen LogP contribution in [-0.4, -0.2) is 22.6 Å². The van der Waals surface area contributed by atoms with Crippen molar-refractivity contribution < 1.29 is 19.6 Å². The Kier molecular flexibility index (Phi) is 4.54. The van der Waals surface area contributed by atoms with E-state index in [0.717, 1.165) is 10.4 Å². The van der Waals surface area contributed by atoms with Crippen LogP contribution < -0.4 is 4.74 Å². The van der Waals surface area contributed by atoms with Crippen LogP contribution in [0.25, 0.3) is 0 Å². The molecular weight excluding hydrogens is 294 g/mol. The summed E-state index contributed by atoms with van der Waals surface area (Å²) in [6.45, 7) is 2.13. The Morgan fingerprint density at radius 2 is 2.05 bits per heavy atom. The van der Waals surface area contributed by atoms with Crippen molar-refractivity contribution in [2.24, 2.45) is 0 Å². The number of hydrogen-bond acceptors (Lipinski definition) is 5. The smallest absolute Gasteiger partial charge is 0.349 e. The molecule has 0 amide bonds. The highest BCUT2D eigenvalue weighted by molar-refractivity contribution is 7.14. The number of aromatic carboxylic acids is 1. The van der Waals surface area contributed by atoms with Gasteiger partial charge in [0.05, 0.1) is 11.5 Å². The number of rotatable bonds is 6. The van der Waals surface area contributed by atoms with E-state index in [4.69, 9.17) is 9.84 Å². The molecule has 1 N–H and O–H groups in total. The molecule has 0 aliphatic rings. The zero-order valence-corrected chi connectivity index (χ0v) is 12.1. The predicted octanol–water partition coefficient (Wildman–Crippen LogP) is 3.28. The molecule has 110 valence electrons. The largest absolute Gasteiger partial charge is 0.491 e. The monoisotopic (exact) mass is 307 g/mol. The number of hydrogen-bond donors (Lipinski definition) is 1. The molecule has 2 aromatic rings. The van der Waals surface area contributed by atoms with E-state index in [2.05, 4.69) is 0 Å². The quantitative estimate of drug-likeness (QED) is 0.653. The van der Waals surface area contributed by atoms with E-state index in [1.54, 1.807) is 18.2 Å². The zero-order chi connectivity index (χ0) is 15.4. The molecule has 0 saturated heterocycles. The molecule has 0 bridgehead atoms. The topological polar surface area (TPSA) is 89.7 Å². The molecule has 0 aliphatic heterocycles. The molecular formula is C14H13NO5S. The minimum Gasteiger partial charge on any atom is -0.491 e. The summed E-state index contributed by atoms with van der Waals surface area (Å²) in [5.74, 6) is -0.634. The van der Waals surface area contributed by atoms with Gasteiger partial charge in [0.25, 0.3) is 5.69 Å². The maximum Gasteiger partial charge on any atom is 0.349 e. The van der Waals surface area contributed by atoms with Gasteiger partial charge in [-0.3, -0.25) is 10.1 Å². The predicted molar refractivity (Wildman–Crippen MR) is 78.3 cm³/mol. The fourth-order valence-electron chi connectivity index (χ4n) is 1.81. The van der Waals surface area contributed by atoms with E-state index in [9.17, 15) is 14.9 Å². The second-order valence-corrected chi connectivity index (χ2v) is 5.63. The number of nitro benzene ring substituents is 1. The summed E-state index contributed by atoms with van der Waals surface area (Å²) < 4.78 is 5.50. The Morgan fingerprint density at radius 3 is 2.62 bits per heavy atom. The molecule has 0 spiro atoms. The number of carboxylic acids is 1. The number of carbonyl (C=O) groups is 1. The third kappa shape index (κ3) is 3.79. The first-order valence-corrected chi connectivity index (χ1v) is 6.99. The molecule has 0 unspecified atom stereocenters. The molecule has 0 aliphatic carbocycles. The molecule has 1 aromatic carbocycles. The Hall–Kier alpha value is -2.41. The fourth-order valence-corrected chi connectivity index (χ4v) is 2.60. The lowest BCUT2D eigenvalue weighted by molar-refractivity contribution is -0.384. The van der Waals surface area contributed by atoms with Gasteiger partial charge in [0, 0.05) is 23.4 Å². The SMILES string of the molecule is Cc1cc(OCCc2ccc([N+](=O)[O-])cc2)c(C(=O)O)s1. The number of aryl methyl sites for hydroxylation is 1. The van der Waals surface area contributed by atoms with Gasteiger partial charge in [-0.05, 0) is 18.6 Å². The Balaban J connectivity index is 1.95. The first-order chi connectivity index (χ1) is 9.97. The second kappa shape index (κ2) is 6.36. The summed E-state index contributed by atoms with van der Waals surface area (Å²) in [7, 11) is 0. The third-order valence-electron chi connectivity index (χ3n) is 2.81. The summed E-state index contributed by atoms with van der Waals surface area (Å²) in [5.41, 5.74) is 0.936. The highest BCUT2D eigenvalue weighted by Crippen LogP contribution is 2.29. The molecule has 0 fully saturated rings. The van der Waals surface area contributed by atoms with Gasteiger partial charge in [0.15, 0.2) is 4.88 Å². The van der Waals surface area contributed by atoms with Crippen LogP contribution in [-0.2, 0) is 6.42 Å². The van der Waals surface area contributed by atoms with Gasteiger partial charge in [0.2, 0.25) is 0 Å². The summed E-state index contributed by atoms with van der Waals surface area (Å²) in [5, 5.41) is 19.6. The van der Waals surface area contributed by atoms with Crippen LogP contribution in [0.1, 0.15) is 20.1 Å². The lowest BCUT2D eigenvalue weighted by Gasteiger charge is -2.05. The third-order valence-corrected chi connectivity index (χ3v) is 3.83. The minimum absolute atomic E-state index is 0.0429. The van der Waals surface area contributed by atoms with Crippen molar-refractivity contribution in [3.63, 3.8) is 0 Å². The number of thiophene rings is 1. The summed E-state index contributed by atoms with van der Waals surface area (Å²) in [4.78, 5) is 22.2. The lowest BCUT2D eigenvalue weighted by Crippen LogP contribution is -2.04. The fraction of sp³-hybridized carbons (Fsp3) is 0.214. The highest BCUT2D eigenvalue weighted by atomic mass is 32.1. The molecule has 2 rings (SSSR count). The maximum absolute atomic E-state index is 11.0. The average molecular weight is 307 g/mol. The molecule has 1 heterocycles. The first kappa shape index (κ1) is 15.0. The molecule has 21 heavy (non-hydrogen) atoms. The van der Waals surface area contributed by atoms with Crippen molar-refractivity contribution in [1.29, 1.82) is 0 Å². The standard InChI is InChI=1S/C14H13NO5S/c1-9-8-12(13(21-9)14(16)17)20-7-6-10-2-4-11(5-3-10)15(18)19/h2-5,8H,6-7H2,1H3,(H,16,17). The number of carboxylic acid groups (broad SMARTS) is 1. The first-order valence-electron chi connectivity index (χ1n) is 6.17. The molecule has 0 saturated carbocycles. The molecule has 7 heteroatoms. The van der Waals surface area contributed by atoms with Crippen LogP contribution in [0, 0.1) is 17.0 Å². The summed E-state index contributed by atoms with van der Waals surface area (Å²) >= 11 is 1.17.